The number of nitrogens with two attached hydrogens (primary N) is 1. The summed E-state index contributed by atoms with van der Waals surface area (Å²) in [6.45, 7) is 1.80. The van der Waals surface area contributed by atoms with Gasteiger partial charge in [-0.15, -0.1) is 0 Å². The van der Waals surface area contributed by atoms with Crippen LogP contribution in [0.15, 0.2) is 22.6 Å². The SMILES string of the molecule is CNC(=O)CC(N)c1ccc2nc(C)oc2c1. The summed E-state index contributed by atoms with van der Waals surface area (Å²) in [5.74, 6) is 0.545. The van der Waals surface area contributed by atoms with Crippen LogP contribution in [0.5, 0.6) is 0 Å². The van der Waals surface area contributed by atoms with Gasteiger partial charge in [0.25, 0.3) is 0 Å². The molecule has 1 atom stereocenters. The van der Waals surface area contributed by atoms with Crippen molar-refractivity contribution in [1.82, 2.24) is 10.3 Å². The van der Waals surface area contributed by atoms with Gasteiger partial charge in [0.1, 0.15) is 5.52 Å². The molecule has 3 N–H and O–H groups in total. The molecular formula is C12H15N3O2. The molecule has 1 aromatic heterocycles. The quantitative estimate of drug-likeness (QED) is 0.836. The van der Waals surface area contributed by atoms with Gasteiger partial charge in [-0.05, 0) is 17.7 Å². The first kappa shape index (κ1) is 11.6. The van der Waals surface area contributed by atoms with E-state index >= 15 is 0 Å². The van der Waals surface area contributed by atoms with Crippen LogP contribution in [0, 0.1) is 6.92 Å². The molecule has 0 aliphatic heterocycles. The zero-order valence-electron chi connectivity index (χ0n) is 9.86. The van der Waals surface area contributed by atoms with Crippen molar-refractivity contribution >= 4 is 17.0 Å². The van der Waals surface area contributed by atoms with E-state index in [0.717, 1.165) is 11.1 Å². The number of aryl methyl sites for hydroxylation is 1. The Morgan fingerprint density at radius 3 is 3.06 bits per heavy atom. The van der Waals surface area contributed by atoms with Gasteiger partial charge in [0.05, 0.1) is 0 Å². The molecule has 0 saturated carbocycles. The third-order valence-corrected chi connectivity index (χ3v) is 2.63. The highest BCUT2D eigenvalue weighted by atomic mass is 16.3. The fourth-order valence-corrected chi connectivity index (χ4v) is 1.71. The maximum atomic E-state index is 11.2. The van der Waals surface area contributed by atoms with E-state index in [-0.39, 0.29) is 18.4 Å². The maximum Gasteiger partial charge on any atom is 0.221 e. The lowest BCUT2D eigenvalue weighted by molar-refractivity contribution is -0.120. The highest BCUT2D eigenvalue weighted by Gasteiger charge is 2.12. The van der Waals surface area contributed by atoms with Crippen molar-refractivity contribution < 1.29 is 9.21 Å². The minimum atomic E-state index is -0.329. The van der Waals surface area contributed by atoms with Crippen molar-refractivity contribution in [2.75, 3.05) is 7.05 Å². The molecule has 90 valence electrons. The van der Waals surface area contributed by atoms with E-state index in [2.05, 4.69) is 10.3 Å². The number of nitrogens with one attached hydrogen (secondary N) is 1. The van der Waals surface area contributed by atoms with Gasteiger partial charge in [-0.3, -0.25) is 4.79 Å². The summed E-state index contributed by atoms with van der Waals surface area (Å²) in [7, 11) is 1.60. The Kier molecular flexibility index (Phi) is 3.10. The van der Waals surface area contributed by atoms with Crippen molar-refractivity contribution in [3.63, 3.8) is 0 Å². The molecule has 1 heterocycles. The molecule has 0 aliphatic rings. The Bertz CT molecular complexity index is 548. The van der Waals surface area contributed by atoms with Crippen molar-refractivity contribution in [2.24, 2.45) is 5.73 Å². The van der Waals surface area contributed by atoms with Gasteiger partial charge >= 0.3 is 0 Å². The molecule has 1 unspecified atom stereocenters. The van der Waals surface area contributed by atoms with Crippen LogP contribution in [-0.2, 0) is 4.79 Å². The summed E-state index contributed by atoms with van der Waals surface area (Å²) in [5, 5.41) is 2.55. The molecule has 0 spiro atoms. The molecule has 2 aromatic rings. The van der Waals surface area contributed by atoms with E-state index in [9.17, 15) is 4.79 Å². The number of carbonyl (C=O) groups is 1. The Morgan fingerprint density at radius 2 is 2.35 bits per heavy atom. The number of amides is 1. The van der Waals surface area contributed by atoms with E-state index in [1.807, 2.05) is 18.2 Å². The van der Waals surface area contributed by atoms with Crippen LogP contribution in [0.4, 0.5) is 0 Å². The first-order valence-corrected chi connectivity index (χ1v) is 5.43. The second kappa shape index (κ2) is 4.55. The lowest BCUT2D eigenvalue weighted by Gasteiger charge is -2.10. The van der Waals surface area contributed by atoms with Gasteiger partial charge in [-0.2, -0.15) is 0 Å². The van der Waals surface area contributed by atoms with Gasteiger partial charge in [-0.1, -0.05) is 6.07 Å². The minimum Gasteiger partial charge on any atom is -0.441 e. The van der Waals surface area contributed by atoms with Crippen molar-refractivity contribution in [2.45, 2.75) is 19.4 Å². The van der Waals surface area contributed by atoms with E-state index < -0.39 is 0 Å². The predicted molar refractivity (Wildman–Crippen MR) is 64.4 cm³/mol. The minimum absolute atomic E-state index is 0.0775. The normalized spacial score (nSPS) is 12.6. The van der Waals surface area contributed by atoms with Gasteiger partial charge in [-0.25, -0.2) is 4.98 Å². The number of aromatic nitrogens is 1. The topological polar surface area (TPSA) is 81.2 Å². The number of carbonyl (C=O) groups excluding carboxylic acids is 1. The van der Waals surface area contributed by atoms with Crippen molar-refractivity contribution in [1.29, 1.82) is 0 Å². The third-order valence-electron chi connectivity index (χ3n) is 2.63. The van der Waals surface area contributed by atoms with E-state index in [4.69, 9.17) is 10.2 Å². The molecule has 17 heavy (non-hydrogen) atoms. The number of hydrogen-bond acceptors (Lipinski definition) is 4. The Hall–Kier alpha value is -1.88. The second-order valence-corrected chi connectivity index (χ2v) is 3.94. The summed E-state index contributed by atoms with van der Waals surface area (Å²) in [6.07, 6.45) is 0.259. The van der Waals surface area contributed by atoms with E-state index in [1.54, 1.807) is 14.0 Å². The molecule has 2 rings (SSSR count). The van der Waals surface area contributed by atoms with Gasteiger partial charge in [0, 0.05) is 26.4 Å². The monoisotopic (exact) mass is 233 g/mol. The molecule has 0 fully saturated rings. The van der Waals surface area contributed by atoms with Gasteiger partial charge in [0.15, 0.2) is 11.5 Å². The molecule has 0 saturated heterocycles. The fraction of sp³-hybridized carbons (Fsp3) is 0.333. The van der Waals surface area contributed by atoms with Gasteiger partial charge < -0.3 is 15.5 Å². The lowest BCUT2D eigenvalue weighted by Crippen LogP contribution is -2.24. The van der Waals surface area contributed by atoms with Crippen LogP contribution in [0.2, 0.25) is 0 Å². The predicted octanol–water partition coefficient (Wildman–Crippen LogP) is 1.27. The van der Waals surface area contributed by atoms with Crippen molar-refractivity contribution in [3.8, 4) is 0 Å². The molecule has 1 aromatic carbocycles. The molecule has 0 aliphatic carbocycles. The largest absolute Gasteiger partial charge is 0.441 e. The zero-order valence-corrected chi connectivity index (χ0v) is 9.86. The molecule has 5 nitrogen and oxygen atoms in total. The average molecular weight is 233 g/mol. The molecule has 0 radical (unpaired) electrons. The second-order valence-electron chi connectivity index (χ2n) is 3.94. The average Bonchev–Trinajstić information content (AvgIpc) is 2.67. The number of benzene rings is 1. The fourth-order valence-electron chi connectivity index (χ4n) is 1.71. The smallest absolute Gasteiger partial charge is 0.221 e. The Labute approximate surface area is 99.0 Å². The highest BCUT2D eigenvalue weighted by Crippen LogP contribution is 2.21. The highest BCUT2D eigenvalue weighted by molar-refractivity contribution is 5.77. The molecule has 0 bridgehead atoms. The summed E-state index contributed by atoms with van der Waals surface area (Å²) < 4.78 is 5.42. The maximum absolute atomic E-state index is 11.2. The lowest BCUT2D eigenvalue weighted by atomic mass is 10.0. The zero-order chi connectivity index (χ0) is 12.4. The number of oxazole rings is 1. The van der Waals surface area contributed by atoms with E-state index in [1.165, 1.54) is 0 Å². The number of fused-ring (bicyclic) bond motifs is 1. The Balaban J connectivity index is 2.26. The first-order valence-electron chi connectivity index (χ1n) is 5.43. The number of nitrogens with zero attached hydrogens (tertiary/aromatic N) is 1. The summed E-state index contributed by atoms with van der Waals surface area (Å²) in [6, 6.07) is 5.23. The molecular weight excluding hydrogens is 218 g/mol. The molecule has 5 heteroatoms. The van der Waals surface area contributed by atoms with Crippen LogP contribution >= 0.6 is 0 Å². The van der Waals surface area contributed by atoms with Crippen LogP contribution in [-0.4, -0.2) is 17.9 Å². The van der Waals surface area contributed by atoms with Gasteiger partial charge in [0.2, 0.25) is 5.91 Å². The van der Waals surface area contributed by atoms with Crippen LogP contribution < -0.4 is 11.1 Å². The number of hydrogen-bond donors (Lipinski definition) is 2. The summed E-state index contributed by atoms with van der Waals surface area (Å²) in [5.41, 5.74) is 8.32. The molecule has 1 amide bonds. The summed E-state index contributed by atoms with van der Waals surface area (Å²) >= 11 is 0. The number of rotatable bonds is 3. The first-order chi connectivity index (χ1) is 8.10. The summed E-state index contributed by atoms with van der Waals surface area (Å²) in [4.78, 5) is 15.4. The van der Waals surface area contributed by atoms with Crippen LogP contribution in [0.25, 0.3) is 11.1 Å². The third kappa shape index (κ3) is 2.45. The standard InChI is InChI=1S/C12H15N3O2/c1-7-15-10-4-3-8(5-11(10)17-7)9(13)6-12(16)14-2/h3-5,9H,6,13H2,1-2H3,(H,14,16). The van der Waals surface area contributed by atoms with Crippen LogP contribution in [0.3, 0.4) is 0 Å². The van der Waals surface area contributed by atoms with Crippen molar-refractivity contribution in [3.05, 3.63) is 29.7 Å². The van der Waals surface area contributed by atoms with Crippen LogP contribution in [0.1, 0.15) is 23.9 Å². The van der Waals surface area contributed by atoms with E-state index in [0.29, 0.717) is 11.5 Å². The Morgan fingerprint density at radius 1 is 1.59 bits per heavy atom.